The van der Waals surface area contributed by atoms with E-state index >= 15 is 4.39 Å². The first-order valence-corrected chi connectivity index (χ1v) is 14.0. The van der Waals surface area contributed by atoms with E-state index in [1.807, 2.05) is 19.2 Å². The van der Waals surface area contributed by atoms with Crippen LogP contribution in [0.2, 0.25) is 0 Å². The third kappa shape index (κ3) is 5.87. The molecule has 10 heteroatoms. The van der Waals surface area contributed by atoms with Crippen molar-refractivity contribution in [2.75, 3.05) is 12.4 Å². The summed E-state index contributed by atoms with van der Waals surface area (Å²) in [5.41, 5.74) is 6.96. The van der Waals surface area contributed by atoms with Gasteiger partial charge < -0.3 is 15.6 Å². The summed E-state index contributed by atoms with van der Waals surface area (Å²) in [5.74, 6) is -0.279. The summed E-state index contributed by atoms with van der Waals surface area (Å²) in [6.45, 7) is 11.1. The Morgan fingerprint density at radius 2 is 1.81 bits per heavy atom. The van der Waals surface area contributed by atoms with Gasteiger partial charge in [0.05, 0.1) is 28.6 Å². The summed E-state index contributed by atoms with van der Waals surface area (Å²) in [7, 11) is 1.81. The molecule has 0 atom stereocenters. The number of pyridine rings is 2. The molecule has 218 valence electrons. The average Bonchev–Trinajstić information content (AvgIpc) is 3.55. The number of allylic oxidation sites excluding steroid dienone is 1. The van der Waals surface area contributed by atoms with Crippen molar-refractivity contribution in [1.82, 2.24) is 35.5 Å². The van der Waals surface area contributed by atoms with Crippen LogP contribution in [-0.4, -0.2) is 37.2 Å². The van der Waals surface area contributed by atoms with E-state index in [2.05, 4.69) is 63.1 Å². The number of rotatable bonds is 8. The second kappa shape index (κ2) is 11.0. The zero-order chi connectivity index (χ0) is 30.3. The molecular weight excluding hydrogens is 546 g/mol. The molecule has 43 heavy (non-hydrogen) atoms. The van der Waals surface area contributed by atoms with Gasteiger partial charge in [-0.05, 0) is 60.8 Å². The normalized spacial score (nSPS) is 11.9. The molecule has 2 aromatic carbocycles. The third-order valence-electron chi connectivity index (χ3n) is 7.00. The zero-order valence-corrected chi connectivity index (χ0v) is 24.4. The molecule has 0 saturated heterocycles. The molecule has 0 spiro atoms. The SMILES string of the molecule is C=C(CC(C)(C)C)Nc1cncc(-c2cc3c(-c4nc5c(-c6cc(F)cc(CNC)c6)nccc5[nH]4)n[nH]c3cc2F)c1. The maximum Gasteiger partial charge on any atom is 0.159 e. The molecule has 0 bridgehead atoms. The number of benzene rings is 2. The fraction of sp³-hybridized carbons (Fsp3) is 0.212. The van der Waals surface area contributed by atoms with E-state index in [-0.39, 0.29) is 11.2 Å². The number of aromatic amines is 2. The van der Waals surface area contributed by atoms with Crippen LogP contribution in [-0.2, 0) is 6.54 Å². The van der Waals surface area contributed by atoms with E-state index in [9.17, 15) is 4.39 Å². The molecule has 0 unspecified atom stereocenters. The van der Waals surface area contributed by atoms with E-state index in [1.54, 1.807) is 30.7 Å². The molecule has 4 heterocycles. The van der Waals surface area contributed by atoms with Crippen LogP contribution in [0.25, 0.3) is 55.8 Å². The van der Waals surface area contributed by atoms with Crippen LogP contribution < -0.4 is 10.6 Å². The van der Waals surface area contributed by atoms with Crippen molar-refractivity contribution in [3.05, 3.63) is 90.5 Å². The Morgan fingerprint density at radius 3 is 2.60 bits per heavy atom. The van der Waals surface area contributed by atoms with Crippen LogP contribution in [0.1, 0.15) is 32.8 Å². The van der Waals surface area contributed by atoms with Crippen LogP contribution in [0, 0.1) is 17.0 Å². The fourth-order valence-electron chi connectivity index (χ4n) is 5.34. The molecule has 0 fully saturated rings. The Bertz CT molecular complexity index is 1980. The van der Waals surface area contributed by atoms with Gasteiger partial charge in [0.2, 0.25) is 0 Å². The van der Waals surface area contributed by atoms with E-state index in [0.29, 0.717) is 56.9 Å². The monoisotopic (exact) mass is 578 g/mol. The number of hydrogen-bond acceptors (Lipinski definition) is 6. The fourth-order valence-corrected chi connectivity index (χ4v) is 5.34. The summed E-state index contributed by atoms with van der Waals surface area (Å²) in [5, 5.41) is 14.4. The minimum absolute atomic E-state index is 0.0736. The molecule has 0 saturated carbocycles. The summed E-state index contributed by atoms with van der Waals surface area (Å²) in [4.78, 5) is 17.0. The number of imidazole rings is 1. The average molecular weight is 579 g/mol. The topological polar surface area (TPSA) is 107 Å². The summed E-state index contributed by atoms with van der Waals surface area (Å²) in [6.07, 6.45) is 5.75. The molecule has 6 rings (SSSR count). The van der Waals surface area contributed by atoms with Crippen molar-refractivity contribution < 1.29 is 8.78 Å². The van der Waals surface area contributed by atoms with Gasteiger partial charge in [-0.3, -0.25) is 15.1 Å². The number of fused-ring (bicyclic) bond motifs is 2. The van der Waals surface area contributed by atoms with Gasteiger partial charge in [0, 0.05) is 52.8 Å². The van der Waals surface area contributed by atoms with Gasteiger partial charge in [-0.25, -0.2) is 13.8 Å². The third-order valence-corrected chi connectivity index (χ3v) is 7.00. The van der Waals surface area contributed by atoms with Crippen LogP contribution in [0.3, 0.4) is 0 Å². The van der Waals surface area contributed by atoms with Crippen LogP contribution >= 0.6 is 0 Å². The lowest BCUT2D eigenvalue weighted by molar-refractivity contribution is 0.411. The second-order valence-corrected chi connectivity index (χ2v) is 11.9. The van der Waals surface area contributed by atoms with E-state index < -0.39 is 5.82 Å². The lowest BCUT2D eigenvalue weighted by Crippen LogP contribution is -2.10. The number of nitrogens with one attached hydrogen (secondary N) is 4. The van der Waals surface area contributed by atoms with Crippen LogP contribution in [0.15, 0.2) is 73.3 Å². The second-order valence-electron chi connectivity index (χ2n) is 11.9. The Hall–Kier alpha value is -4.96. The van der Waals surface area contributed by atoms with Crippen molar-refractivity contribution in [3.63, 3.8) is 0 Å². The minimum Gasteiger partial charge on any atom is -0.358 e. The van der Waals surface area contributed by atoms with Crippen molar-refractivity contribution in [1.29, 1.82) is 0 Å². The van der Waals surface area contributed by atoms with Gasteiger partial charge >= 0.3 is 0 Å². The first-order valence-electron chi connectivity index (χ1n) is 14.0. The quantitative estimate of drug-likeness (QED) is 0.148. The number of nitrogens with zero attached hydrogens (tertiary/aromatic N) is 4. The van der Waals surface area contributed by atoms with Crippen molar-refractivity contribution in [3.8, 4) is 33.9 Å². The Balaban J connectivity index is 1.39. The standard InChI is InChI=1S/C33H32F2N8/c1-18(14-33(2,3)4)39-23-11-21(16-37-17-23)24-12-25-28(13-26(24)35)42-43-30(25)32-40-27-6-7-38-29(31(27)41-32)20-8-19(15-36-5)9-22(34)10-20/h6-13,16-17,36,39H,1,14-15H2,2-5H3,(H,40,41)(H,42,43). The molecule has 0 aliphatic heterocycles. The number of aromatic nitrogens is 6. The van der Waals surface area contributed by atoms with Crippen LogP contribution in [0.4, 0.5) is 14.5 Å². The predicted octanol–water partition coefficient (Wildman–Crippen LogP) is 7.59. The Labute approximate surface area is 247 Å². The number of H-pyrrole nitrogens is 2. The molecule has 0 aliphatic carbocycles. The summed E-state index contributed by atoms with van der Waals surface area (Å²) in [6, 6.07) is 11.7. The van der Waals surface area contributed by atoms with Gasteiger partial charge in [-0.15, -0.1) is 0 Å². The van der Waals surface area contributed by atoms with Gasteiger partial charge in [-0.1, -0.05) is 27.4 Å². The highest BCUT2D eigenvalue weighted by Crippen LogP contribution is 2.35. The molecule has 8 nitrogen and oxygen atoms in total. The minimum atomic E-state index is -0.408. The highest BCUT2D eigenvalue weighted by molar-refractivity contribution is 5.97. The maximum atomic E-state index is 15.4. The van der Waals surface area contributed by atoms with E-state index in [0.717, 1.165) is 28.9 Å². The summed E-state index contributed by atoms with van der Waals surface area (Å²) >= 11 is 0. The highest BCUT2D eigenvalue weighted by atomic mass is 19.1. The van der Waals surface area contributed by atoms with Crippen molar-refractivity contribution in [2.24, 2.45) is 5.41 Å². The lowest BCUT2D eigenvalue weighted by atomic mass is 9.91. The molecule has 4 aromatic heterocycles. The Morgan fingerprint density at radius 1 is 0.977 bits per heavy atom. The highest BCUT2D eigenvalue weighted by Gasteiger charge is 2.19. The first kappa shape index (κ1) is 28.2. The van der Waals surface area contributed by atoms with E-state index in [1.165, 1.54) is 18.2 Å². The molecule has 4 N–H and O–H groups in total. The summed E-state index contributed by atoms with van der Waals surface area (Å²) < 4.78 is 29.8. The molecule has 0 radical (unpaired) electrons. The molecule has 6 aromatic rings. The van der Waals surface area contributed by atoms with Gasteiger partial charge in [0.15, 0.2) is 5.82 Å². The number of halogens is 2. The maximum absolute atomic E-state index is 15.4. The molecular formula is C33H32F2N8. The van der Waals surface area contributed by atoms with Gasteiger partial charge in [-0.2, -0.15) is 5.10 Å². The molecule has 0 aliphatic rings. The van der Waals surface area contributed by atoms with Gasteiger partial charge in [0.25, 0.3) is 0 Å². The van der Waals surface area contributed by atoms with Crippen molar-refractivity contribution >= 4 is 27.6 Å². The largest absolute Gasteiger partial charge is 0.358 e. The smallest absolute Gasteiger partial charge is 0.159 e. The molecule has 0 amide bonds. The number of hydrogen-bond donors (Lipinski definition) is 4. The Kier molecular flexibility index (Phi) is 7.23. The van der Waals surface area contributed by atoms with E-state index in [4.69, 9.17) is 4.98 Å². The van der Waals surface area contributed by atoms with Crippen molar-refractivity contribution in [2.45, 2.75) is 33.7 Å². The lowest BCUT2D eigenvalue weighted by Gasteiger charge is -2.20. The zero-order valence-electron chi connectivity index (χ0n) is 24.4. The van der Waals surface area contributed by atoms with Gasteiger partial charge in [0.1, 0.15) is 22.8 Å². The number of anilines is 1. The van der Waals surface area contributed by atoms with Crippen LogP contribution in [0.5, 0.6) is 0 Å². The predicted molar refractivity (Wildman–Crippen MR) is 167 cm³/mol. The first-order chi connectivity index (χ1) is 20.6.